The van der Waals surface area contributed by atoms with Crippen LogP contribution in [0.15, 0.2) is 36.4 Å². The predicted octanol–water partition coefficient (Wildman–Crippen LogP) is 2.25. The fourth-order valence-corrected chi connectivity index (χ4v) is 1.24. The van der Waals surface area contributed by atoms with E-state index in [-0.39, 0.29) is 33.2 Å². The summed E-state index contributed by atoms with van der Waals surface area (Å²) < 4.78 is 0. The first-order valence-electron chi connectivity index (χ1n) is 3.69. The Bertz CT molecular complexity index is 426. The zero-order chi connectivity index (χ0) is 8.55. The molecule has 0 bridgehead atoms. The van der Waals surface area contributed by atoms with E-state index in [0.717, 1.165) is 5.39 Å². The number of hydrogen-bond donors (Lipinski definition) is 2. The average Bonchev–Trinajstić information content (AvgIpc) is 2.12. The van der Waals surface area contributed by atoms with Gasteiger partial charge in [0.25, 0.3) is 0 Å². The molecule has 0 saturated heterocycles. The summed E-state index contributed by atoms with van der Waals surface area (Å²) in [4.78, 5) is 0. The molecule has 0 aliphatic rings. The molecule has 2 rings (SSSR count). The van der Waals surface area contributed by atoms with Gasteiger partial charge in [-0.15, -0.1) is 0 Å². The summed E-state index contributed by atoms with van der Waals surface area (Å²) in [6.45, 7) is 0. The van der Waals surface area contributed by atoms with Crippen LogP contribution in [0.3, 0.4) is 0 Å². The van der Waals surface area contributed by atoms with Gasteiger partial charge in [-0.25, -0.2) is 0 Å². The van der Waals surface area contributed by atoms with E-state index in [1.165, 1.54) is 6.07 Å². The first-order valence-corrected chi connectivity index (χ1v) is 3.69. The summed E-state index contributed by atoms with van der Waals surface area (Å²) in [5.41, 5.74) is 0. The zero-order valence-corrected chi connectivity index (χ0v) is 8.42. The van der Waals surface area contributed by atoms with E-state index < -0.39 is 0 Å². The van der Waals surface area contributed by atoms with Crippen LogP contribution >= 0.6 is 0 Å². The fourth-order valence-electron chi connectivity index (χ4n) is 1.24. The smallest absolute Gasteiger partial charge is 0.165 e. The molecule has 0 saturated carbocycles. The Morgan fingerprint density at radius 1 is 0.846 bits per heavy atom. The van der Waals surface area contributed by atoms with Crippen molar-refractivity contribution in [1.82, 2.24) is 0 Å². The van der Waals surface area contributed by atoms with Crippen LogP contribution < -0.4 is 0 Å². The molecule has 13 heavy (non-hydrogen) atoms. The van der Waals surface area contributed by atoms with Crippen LogP contribution in [0, 0.1) is 0 Å². The molecule has 2 nitrogen and oxygen atoms in total. The fraction of sp³-hybridized carbons (Fsp3) is 0. The van der Waals surface area contributed by atoms with E-state index in [9.17, 15) is 5.11 Å². The minimum absolute atomic E-state index is 0. The van der Waals surface area contributed by atoms with Gasteiger partial charge in [-0.05, 0) is 11.5 Å². The number of hydrogen-bond acceptors (Lipinski definition) is 2. The number of phenols is 2. The van der Waals surface area contributed by atoms with Gasteiger partial charge in [0, 0.05) is 27.1 Å². The van der Waals surface area contributed by atoms with Crippen LogP contribution in [0.25, 0.3) is 10.8 Å². The third kappa shape index (κ3) is 1.69. The first-order chi connectivity index (χ1) is 5.79. The molecular formula is C10H8O2Ti. The molecule has 2 aromatic carbocycles. The van der Waals surface area contributed by atoms with Crippen molar-refractivity contribution < 1.29 is 31.9 Å². The molecule has 64 valence electrons. The molecule has 0 heterocycles. The number of rotatable bonds is 0. The molecule has 0 aromatic heterocycles. The van der Waals surface area contributed by atoms with Crippen molar-refractivity contribution in [3.05, 3.63) is 36.4 Å². The molecule has 2 N–H and O–H groups in total. The van der Waals surface area contributed by atoms with Gasteiger partial charge in [0.2, 0.25) is 0 Å². The van der Waals surface area contributed by atoms with Crippen molar-refractivity contribution in [3.63, 3.8) is 0 Å². The number of fused-ring (bicyclic) bond motifs is 1. The maximum atomic E-state index is 9.41. The molecule has 0 radical (unpaired) electrons. The van der Waals surface area contributed by atoms with Gasteiger partial charge in [-0.2, -0.15) is 0 Å². The maximum Gasteiger partial charge on any atom is 0.165 e. The third-order valence-electron chi connectivity index (χ3n) is 1.88. The average molecular weight is 208 g/mol. The van der Waals surface area contributed by atoms with Crippen molar-refractivity contribution in [2.75, 3.05) is 0 Å². The SMILES string of the molecule is Oc1ccc2ccccc2c1O.[Ti]. The first kappa shape index (κ1) is 10.1. The molecule has 3 heteroatoms. The topological polar surface area (TPSA) is 40.5 Å². The van der Waals surface area contributed by atoms with E-state index in [1.54, 1.807) is 12.1 Å². The Kier molecular flexibility index (Phi) is 2.96. The quantitative estimate of drug-likeness (QED) is 0.514. The minimum Gasteiger partial charge on any atom is -0.504 e. The van der Waals surface area contributed by atoms with Crippen molar-refractivity contribution in [3.8, 4) is 11.5 Å². The van der Waals surface area contributed by atoms with Gasteiger partial charge in [-0.1, -0.05) is 30.3 Å². The van der Waals surface area contributed by atoms with Crippen molar-refractivity contribution >= 4 is 10.8 Å². The summed E-state index contributed by atoms with van der Waals surface area (Å²) >= 11 is 0. The molecule has 0 fully saturated rings. The standard InChI is InChI=1S/C10H8O2.Ti/c11-9-6-5-7-3-1-2-4-8(7)10(9)12;/h1-6,11-12H;. The summed E-state index contributed by atoms with van der Waals surface area (Å²) in [7, 11) is 0. The van der Waals surface area contributed by atoms with Gasteiger partial charge in [0.05, 0.1) is 0 Å². The number of aromatic hydroxyl groups is 2. The van der Waals surface area contributed by atoms with E-state index in [2.05, 4.69) is 0 Å². The summed E-state index contributed by atoms with van der Waals surface area (Å²) in [5, 5.41) is 20.2. The van der Waals surface area contributed by atoms with E-state index >= 15 is 0 Å². The van der Waals surface area contributed by atoms with Gasteiger partial charge in [-0.3, -0.25) is 0 Å². The number of phenolic OH excluding ortho intramolecular Hbond substituents is 2. The monoisotopic (exact) mass is 208 g/mol. The second-order valence-corrected chi connectivity index (χ2v) is 2.65. The number of benzene rings is 2. The normalized spacial score (nSPS) is 9.54. The minimum atomic E-state index is -0.0753. The molecule has 0 amide bonds. The molecular weight excluding hydrogens is 200 g/mol. The van der Waals surface area contributed by atoms with E-state index in [0.29, 0.717) is 5.39 Å². The molecule has 0 aliphatic heterocycles. The van der Waals surface area contributed by atoms with E-state index in [1.807, 2.05) is 18.2 Å². The van der Waals surface area contributed by atoms with Gasteiger partial charge in [0.15, 0.2) is 11.5 Å². The summed E-state index contributed by atoms with van der Waals surface area (Å²) in [6, 6.07) is 10.6. The van der Waals surface area contributed by atoms with Crippen LogP contribution in [0.4, 0.5) is 0 Å². The second kappa shape index (κ2) is 3.82. The van der Waals surface area contributed by atoms with Crippen molar-refractivity contribution in [2.24, 2.45) is 0 Å². The molecule has 0 atom stereocenters. The Morgan fingerprint density at radius 2 is 1.54 bits per heavy atom. The molecule has 0 unspecified atom stereocenters. The predicted molar refractivity (Wildman–Crippen MR) is 47.3 cm³/mol. The van der Waals surface area contributed by atoms with Crippen LogP contribution in [0.2, 0.25) is 0 Å². The zero-order valence-electron chi connectivity index (χ0n) is 6.86. The molecule has 0 spiro atoms. The largest absolute Gasteiger partial charge is 0.504 e. The Balaban J connectivity index is 0.000000845. The van der Waals surface area contributed by atoms with Crippen molar-refractivity contribution in [2.45, 2.75) is 0 Å². The van der Waals surface area contributed by atoms with Gasteiger partial charge >= 0.3 is 0 Å². The van der Waals surface area contributed by atoms with Crippen LogP contribution in [0.5, 0.6) is 11.5 Å². The molecule has 2 aromatic rings. The van der Waals surface area contributed by atoms with Gasteiger partial charge in [0.1, 0.15) is 0 Å². The Hall–Kier alpha value is -0.986. The Labute approximate surface area is 90.7 Å². The maximum absolute atomic E-state index is 9.41. The van der Waals surface area contributed by atoms with E-state index in [4.69, 9.17) is 5.11 Å². The van der Waals surface area contributed by atoms with Crippen LogP contribution in [-0.4, -0.2) is 10.2 Å². The summed E-state index contributed by atoms with van der Waals surface area (Å²) in [5.74, 6) is -0.123. The van der Waals surface area contributed by atoms with Crippen molar-refractivity contribution in [1.29, 1.82) is 0 Å². The Morgan fingerprint density at radius 3 is 2.31 bits per heavy atom. The third-order valence-corrected chi connectivity index (χ3v) is 1.88. The van der Waals surface area contributed by atoms with Crippen LogP contribution in [-0.2, 0) is 21.7 Å². The van der Waals surface area contributed by atoms with Crippen LogP contribution in [0.1, 0.15) is 0 Å². The molecule has 0 aliphatic carbocycles. The van der Waals surface area contributed by atoms with Gasteiger partial charge < -0.3 is 10.2 Å². The summed E-state index contributed by atoms with van der Waals surface area (Å²) in [6.07, 6.45) is 0. The second-order valence-electron chi connectivity index (χ2n) is 2.65.